The fraction of sp³-hybridized carbons (Fsp3) is 0. The maximum atomic E-state index is 5.74. The molecular weight excluding hydrogens is 1470 g/mol. The van der Waals surface area contributed by atoms with E-state index in [1.165, 1.54) is 0 Å². The number of hydrogen-bond acceptors (Lipinski definition) is 6. The first-order chi connectivity index (χ1) is 59.5. The molecule has 25 rings (SSSR count). The van der Waals surface area contributed by atoms with Gasteiger partial charge in [0.05, 0.1) is 66.2 Å². The molecule has 0 radical (unpaired) electrons. The van der Waals surface area contributed by atoms with Gasteiger partial charge in [0.2, 0.25) is 11.9 Å². The van der Waals surface area contributed by atoms with Gasteiger partial charge in [0.25, 0.3) is 0 Å². The molecule has 558 valence electrons. The highest BCUT2D eigenvalue weighted by Gasteiger charge is 2.29. The summed E-state index contributed by atoms with van der Waals surface area (Å²) in [5.74, 6) is 3.25. The van der Waals surface area contributed by atoms with Crippen LogP contribution in [0, 0.1) is 0 Å². The van der Waals surface area contributed by atoms with E-state index in [-0.39, 0.29) is 0 Å². The number of aromatic nitrogens is 12. The molecule has 0 amide bonds. The molecule has 0 bridgehead atoms. The molecule has 0 saturated heterocycles. The van der Waals surface area contributed by atoms with E-state index in [0.29, 0.717) is 35.2 Å². The van der Waals surface area contributed by atoms with Crippen LogP contribution in [0.5, 0.6) is 0 Å². The summed E-state index contributed by atoms with van der Waals surface area (Å²) >= 11 is 0. The number of nitrogens with zero attached hydrogens (tertiary/aromatic N) is 12. The van der Waals surface area contributed by atoms with Gasteiger partial charge < -0.3 is 18.3 Å². The molecule has 0 N–H and O–H groups in total. The predicted octanol–water partition coefficient (Wildman–Crippen LogP) is 26.6. The van der Waals surface area contributed by atoms with Crippen molar-refractivity contribution in [1.82, 2.24) is 57.3 Å². The minimum absolute atomic E-state index is 0.504. The van der Waals surface area contributed by atoms with E-state index >= 15 is 0 Å². The maximum Gasteiger partial charge on any atom is 0.238 e. The first-order valence-corrected chi connectivity index (χ1v) is 40.6. The number of hydrogen-bond donors (Lipinski definition) is 0. The van der Waals surface area contributed by atoms with Crippen molar-refractivity contribution in [1.29, 1.82) is 0 Å². The molecule has 8 aromatic heterocycles. The van der Waals surface area contributed by atoms with E-state index in [9.17, 15) is 0 Å². The minimum Gasteiger partial charge on any atom is -0.309 e. The Balaban J connectivity index is 0.734. The second-order valence-electron chi connectivity index (χ2n) is 30.9. The van der Waals surface area contributed by atoms with Crippen LogP contribution in [0.3, 0.4) is 0 Å². The van der Waals surface area contributed by atoms with Gasteiger partial charge in [-0.1, -0.05) is 261 Å². The molecule has 0 aliphatic heterocycles. The van der Waals surface area contributed by atoms with E-state index in [4.69, 9.17) is 29.9 Å². The van der Waals surface area contributed by atoms with Crippen LogP contribution in [0.25, 0.3) is 233 Å². The van der Waals surface area contributed by atoms with Crippen LogP contribution < -0.4 is 0 Å². The van der Waals surface area contributed by atoms with E-state index in [1.807, 2.05) is 36.4 Å². The fourth-order valence-electron chi connectivity index (χ4n) is 19.0. The zero-order valence-electron chi connectivity index (χ0n) is 64.5. The lowest BCUT2D eigenvalue weighted by atomic mass is 9.95. The predicted molar refractivity (Wildman–Crippen MR) is 492 cm³/mol. The molecule has 0 aliphatic carbocycles. The summed E-state index contributed by atoms with van der Waals surface area (Å²) < 4.78 is 14.2. The van der Waals surface area contributed by atoms with Gasteiger partial charge >= 0.3 is 0 Å². The van der Waals surface area contributed by atoms with Crippen molar-refractivity contribution in [3.05, 3.63) is 400 Å². The smallest absolute Gasteiger partial charge is 0.238 e. The third-order valence-corrected chi connectivity index (χ3v) is 24.3. The van der Waals surface area contributed by atoms with E-state index < -0.39 is 0 Å². The highest BCUT2D eigenvalue weighted by molar-refractivity contribution is 6.29. The average Bonchev–Trinajstić information content (AvgIpc) is 1.53. The van der Waals surface area contributed by atoms with Crippen LogP contribution in [0.15, 0.2) is 400 Å². The summed E-state index contributed by atoms with van der Waals surface area (Å²) in [6.45, 7) is 0. The van der Waals surface area contributed by atoms with Crippen molar-refractivity contribution < 1.29 is 0 Å². The van der Waals surface area contributed by atoms with Gasteiger partial charge in [-0.2, -0.15) is 19.9 Å². The molecule has 0 fully saturated rings. The Morgan fingerprint density at radius 2 is 0.458 bits per heavy atom. The van der Waals surface area contributed by atoms with Gasteiger partial charge in [-0.15, -0.1) is 0 Å². The number of fused-ring (bicyclic) bond motifs is 19. The van der Waals surface area contributed by atoms with Crippen molar-refractivity contribution in [2.75, 3.05) is 0 Å². The Bertz CT molecular complexity index is 8440. The molecule has 12 nitrogen and oxygen atoms in total. The maximum absolute atomic E-state index is 5.74. The molecule has 0 saturated carbocycles. The summed E-state index contributed by atoms with van der Waals surface area (Å²) in [7, 11) is 0. The van der Waals surface area contributed by atoms with E-state index in [2.05, 4.69) is 391 Å². The van der Waals surface area contributed by atoms with Crippen LogP contribution in [0.2, 0.25) is 0 Å². The Kier molecular flexibility index (Phi) is 14.8. The van der Waals surface area contributed by atoms with Gasteiger partial charge in [-0.25, -0.2) is 9.97 Å². The van der Waals surface area contributed by atoms with Crippen LogP contribution in [-0.2, 0) is 0 Å². The summed E-state index contributed by atoms with van der Waals surface area (Å²) in [4.78, 5) is 33.4. The van der Waals surface area contributed by atoms with E-state index in [1.54, 1.807) is 0 Å². The molecule has 8 heterocycles. The standard InChI is InChI=1S/C108H66N12/c1-7-29-67(30-8-1)68-51-56-77(57-52-68)118-92-48-26-22-44-81(92)89-64-84(100-83-45-23-28-50-94(83)120(102(100)101(89)118)108-111-103(69-31-9-2-10-32-69)109-104(112-108)70-33-11-3-12-34-70)71-53-58-82-86-62-73(55-60-96(86)117(97(82)63-71)76-39-17-6-18-40-76)106-110-105(72-54-59-95-85(61-72)78-41-19-24-46-90(78)115(95)74-35-13-4-14-36-74)113-107(114-106)119-93-49-27-21-43-80(93)88-65-98-87(66-99(88)119)79-42-20-25-47-91(79)116(98)75-37-15-5-16-38-75/h1-66H. The molecule has 0 unspecified atom stereocenters. The quantitative estimate of drug-likeness (QED) is 0.121. The normalized spacial score (nSPS) is 12.0. The summed E-state index contributed by atoms with van der Waals surface area (Å²) in [6, 6.07) is 143. The van der Waals surface area contributed by atoms with Crippen LogP contribution in [0.4, 0.5) is 0 Å². The highest BCUT2D eigenvalue weighted by atomic mass is 15.2. The average molecular weight is 1530 g/mol. The van der Waals surface area contributed by atoms with Crippen LogP contribution in [-0.4, -0.2) is 57.3 Å². The third-order valence-electron chi connectivity index (χ3n) is 24.3. The van der Waals surface area contributed by atoms with Gasteiger partial charge in [0, 0.05) is 110 Å². The third kappa shape index (κ3) is 10.3. The second-order valence-corrected chi connectivity index (χ2v) is 30.9. The van der Waals surface area contributed by atoms with Crippen LogP contribution in [0.1, 0.15) is 0 Å². The molecule has 25 aromatic rings. The topological polar surface area (TPSA) is 107 Å². The first kappa shape index (κ1) is 66.9. The van der Waals surface area contributed by atoms with E-state index in [0.717, 1.165) is 198 Å². The number of para-hydroxylation sites is 8. The zero-order valence-corrected chi connectivity index (χ0v) is 64.5. The second kappa shape index (κ2) is 26.6. The van der Waals surface area contributed by atoms with Crippen molar-refractivity contribution in [2.45, 2.75) is 0 Å². The molecule has 17 aromatic carbocycles. The number of rotatable bonds is 12. The lowest BCUT2D eigenvalue weighted by Gasteiger charge is -2.15. The number of benzene rings is 17. The van der Waals surface area contributed by atoms with Gasteiger partial charge in [0.1, 0.15) is 0 Å². The Morgan fingerprint density at radius 3 is 0.942 bits per heavy atom. The van der Waals surface area contributed by atoms with Crippen molar-refractivity contribution >= 4 is 131 Å². The highest BCUT2D eigenvalue weighted by Crippen LogP contribution is 2.49. The first-order valence-electron chi connectivity index (χ1n) is 40.6. The van der Waals surface area contributed by atoms with Crippen molar-refractivity contribution in [3.8, 4) is 102 Å². The molecule has 0 aliphatic rings. The lowest BCUT2D eigenvalue weighted by molar-refractivity contribution is 0.953. The van der Waals surface area contributed by atoms with Crippen molar-refractivity contribution in [3.63, 3.8) is 0 Å². The lowest BCUT2D eigenvalue weighted by Crippen LogP contribution is -2.07. The Morgan fingerprint density at radius 1 is 0.150 bits per heavy atom. The summed E-state index contributed by atoms with van der Waals surface area (Å²) in [6.07, 6.45) is 0. The van der Waals surface area contributed by atoms with Crippen molar-refractivity contribution in [2.24, 2.45) is 0 Å². The molecule has 12 heteroatoms. The largest absolute Gasteiger partial charge is 0.309 e. The fourth-order valence-corrected chi connectivity index (χ4v) is 19.0. The molecule has 0 atom stereocenters. The Hall–Kier alpha value is -16.4. The SMILES string of the molecule is c1ccc(-c2ccc(-n3c4ccccc4c4cc(-c5ccc6c7cc(-c8nc(-c9ccc%10c(c9)c9ccccc9n%10-c9ccccc9)nc(-n9c%10ccccc%10c%10cc%11c(cc%109)c9ccccc9n%11-c9ccccc9)n8)ccc7n(-c7ccccc7)c6c5)c5c6ccccc6n(-c6nc(-c7ccccc7)nc(-c7ccccc7)n6)c5c43)cc2)cc1. The van der Waals surface area contributed by atoms with Gasteiger partial charge in [-0.3, -0.25) is 9.13 Å². The molecular formula is C108H66N12. The minimum atomic E-state index is 0.504. The van der Waals surface area contributed by atoms with Gasteiger partial charge in [0.15, 0.2) is 23.3 Å². The van der Waals surface area contributed by atoms with Gasteiger partial charge in [-0.05, 0) is 162 Å². The van der Waals surface area contributed by atoms with Crippen LogP contribution >= 0.6 is 0 Å². The monoisotopic (exact) mass is 1530 g/mol. The Labute approximate surface area is 686 Å². The zero-order chi connectivity index (χ0) is 78.6. The molecule has 0 spiro atoms. The molecule has 120 heavy (non-hydrogen) atoms. The summed E-state index contributed by atoms with van der Waals surface area (Å²) in [5.41, 5.74) is 24.6. The summed E-state index contributed by atoms with van der Waals surface area (Å²) in [5, 5.41) is 13.1.